The Kier molecular flexibility index (Phi) is 10.2. The lowest BCUT2D eigenvalue weighted by atomic mass is 10.2. The van der Waals surface area contributed by atoms with E-state index in [1.807, 2.05) is 61.6 Å². The number of aromatic nitrogens is 2. The number of carbonyl (C=O) groups is 1. The molecule has 0 radical (unpaired) electrons. The normalized spacial score (nSPS) is 13.3. The summed E-state index contributed by atoms with van der Waals surface area (Å²) in [5.41, 5.74) is 2.33. The lowest BCUT2D eigenvalue weighted by molar-refractivity contribution is 0.122. The molecule has 0 aliphatic carbocycles. The molecule has 10 heteroatoms. The standard InChI is InChI=1S/C28H37N7O2S/c1-4-15-34(16-14-29-2)26-24(38-3)27(35-17-19-37-20-18-35)33-25(32-26)21-10-12-23(13-11-21)31-28(36)30-22-8-6-5-7-9-22/h5-13,29H,4,14-20H2,1-3H3,(H2,30,31,36). The van der Waals surface area contributed by atoms with Crippen molar-refractivity contribution >= 4 is 40.8 Å². The van der Waals surface area contributed by atoms with Crippen molar-refractivity contribution < 1.29 is 9.53 Å². The zero-order valence-corrected chi connectivity index (χ0v) is 23.2. The maximum absolute atomic E-state index is 12.4. The fourth-order valence-electron chi connectivity index (χ4n) is 4.30. The first kappa shape index (κ1) is 27.7. The molecule has 2 aromatic carbocycles. The second-order valence-electron chi connectivity index (χ2n) is 8.94. The smallest absolute Gasteiger partial charge is 0.323 e. The molecule has 202 valence electrons. The van der Waals surface area contributed by atoms with E-state index in [9.17, 15) is 4.79 Å². The lowest BCUT2D eigenvalue weighted by Crippen LogP contribution is -2.38. The van der Waals surface area contributed by atoms with Crippen LogP contribution in [0, 0.1) is 0 Å². The first-order valence-corrected chi connectivity index (χ1v) is 14.3. The fourth-order valence-corrected chi connectivity index (χ4v) is 5.02. The Hall–Kier alpha value is -3.34. The summed E-state index contributed by atoms with van der Waals surface area (Å²) < 4.78 is 5.61. The molecule has 38 heavy (non-hydrogen) atoms. The van der Waals surface area contributed by atoms with Crippen molar-refractivity contribution in [2.45, 2.75) is 18.2 Å². The van der Waals surface area contributed by atoms with Crippen LogP contribution in [-0.2, 0) is 4.74 Å². The third-order valence-corrected chi connectivity index (χ3v) is 6.98. The number of carbonyl (C=O) groups excluding carboxylic acids is 1. The van der Waals surface area contributed by atoms with E-state index in [0.717, 1.165) is 66.9 Å². The molecule has 1 aliphatic rings. The van der Waals surface area contributed by atoms with Gasteiger partial charge in [0.2, 0.25) is 0 Å². The molecule has 3 N–H and O–H groups in total. The minimum absolute atomic E-state index is 0.291. The Bertz CT molecular complexity index is 1170. The molecular weight excluding hydrogens is 498 g/mol. The highest BCUT2D eigenvalue weighted by molar-refractivity contribution is 7.99. The van der Waals surface area contributed by atoms with Crippen molar-refractivity contribution in [2.75, 3.05) is 79.7 Å². The van der Waals surface area contributed by atoms with Gasteiger partial charge in [0.1, 0.15) is 11.6 Å². The van der Waals surface area contributed by atoms with Gasteiger partial charge in [0.05, 0.1) is 18.1 Å². The van der Waals surface area contributed by atoms with Crippen molar-refractivity contribution in [3.8, 4) is 11.4 Å². The Morgan fingerprint density at radius 3 is 2.32 bits per heavy atom. The Morgan fingerprint density at radius 1 is 1.00 bits per heavy atom. The minimum Gasteiger partial charge on any atom is -0.378 e. The molecule has 1 fully saturated rings. The number of ether oxygens (including phenoxy) is 1. The van der Waals surface area contributed by atoms with Crippen molar-refractivity contribution in [1.29, 1.82) is 0 Å². The summed E-state index contributed by atoms with van der Waals surface area (Å²) in [7, 11) is 1.97. The number of thioether (sulfide) groups is 1. The number of likely N-dealkylation sites (N-methyl/N-ethyl adjacent to an activating group) is 1. The number of morpholine rings is 1. The summed E-state index contributed by atoms with van der Waals surface area (Å²) in [5.74, 6) is 2.59. The zero-order chi connectivity index (χ0) is 26.7. The van der Waals surface area contributed by atoms with Gasteiger partial charge in [-0.1, -0.05) is 25.1 Å². The highest BCUT2D eigenvalue weighted by atomic mass is 32.2. The van der Waals surface area contributed by atoms with Gasteiger partial charge in [-0.2, -0.15) is 0 Å². The first-order chi connectivity index (χ1) is 18.6. The largest absolute Gasteiger partial charge is 0.378 e. The maximum Gasteiger partial charge on any atom is 0.323 e. The minimum atomic E-state index is -0.291. The highest BCUT2D eigenvalue weighted by Crippen LogP contribution is 2.37. The molecule has 2 heterocycles. The number of urea groups is 1. The van der Waals surface area contributed by atoms with Gasteiger partial charge in [0, 0.05) is 49.7 Å². The van der Waals surface area contributed by atoms with Gasteiger partial charge >= 0.3 is 6.03 Å². The first-order valence-electron chi connectivity index (χ1n) is 13.0. The van der Waals surface area contributed by atoms with E-state index in [4.69, 9.17) is 14.7 Å². The molecule has 0 saturated carbocycles. The van der Waals surface area contributed by atoms with Crippen molar-refractivity contribution in [3.63, 3.8) is 0 Å². The highest BCUT2D eigenvalue weighted by Gasteiger charge is 2.24. The summed E-state index contributed by atoms with van der Waals surface area (Å²) >= 11 is 1.69. The molecule has 1 aliphatic heterocycles. The van der Waals surface area contributed by atoms with E-state index in [2.05, 4.69) is 38.9 Å². The van der Waals surface area contributed by atoms with Crippen LogP contribution in [-0.4, -0.2) is 75.2 Å². The van der Waals surface area contributed by atoms with Gasteiger partial charge in [-0.3, -0.25) is 0 Å². The molecule has 1 saturated heterocycles. The lowest BCUT2D eigenvalue weighted by Gasteiger charge is -2.32. The molecule has 3 aromatic rings. The van der Waals surface area contributed by atoms with Crippen LogP contribution in [0.5, 0.6) is 0 Å². The second-order valence-corrected chi connectivity index (χ2v) is 9.76. The maximum atomic E-state index is 12.4. The van der Waals surface area contributed by atoms with E-state index in [1.165, 1.54) is 0 Å². The van der Waals surface area contributed by atoms with Gasteiger partial charge < -0.3 is 30.5 Å². The molecule has 1 aromatic heterocycles. The van der Waals surface area contributed by atoms with Crippen LogP contribution in [0.4, 0.5) is 27.8 Å². The number of rotatable bonds is 11. The van der Waals surface area contributed by atoms with Gasteiger partial charge in [-0.05, 0) is 56.1 Å². The summed E-state index contributed by atoms with van der Waals surface area (Å²) in [6, 6.07) is 16.7. The van der Waals surface area contributed by atoms with Crippen LogP contribution in [0.25, 0.3) is 11.4 Å². The van der Waals surface area contributed by atoms with Crippen LogP contribution in [0.1, 0.15) is 13.3 Å². The number of para-hydroxylation sites is 1. The monoisotopic (exact) mass is 535 g/mol. The summed E-state index contributed by atoms with van der Waals surface area (Å²) in [6.07, 6.45) is 3.12. The third-order valence-electron chi connectivity index (χ3n) is 6.20. The SMILES string of the molecule is CCCN(CCNC)c1nc(-c2ccc(NC(=O)Nc3ccccc3)cc2)nc(N2CCOCC2)c1SC. The fraction of sp³-hybridized carbons (Fsp3) is 0.393. The van der Waals surface area contributed by atoms with Crippen LogP contribution < -0.4 is 25.8 Å². The van der Waals surface area contributed by atoms with E-state index < -0.39 is 0 Å². The van der Waals surface area contributed by atoms with Gasteiger partial charge in [-0.15, -0.1) is 11.8 Å². The average molecular weight is 536 g/mol. The van der Waals surface area contributed by atoms with E-state index in [-0.39, 0.29) is 6.03 Å². The third kappa shape index (κ3) is 7.15. The second kappa shape index (κ2) is 14.0. The molecule has 9 nitrogen and oxygen atoms in total. The zero-order valence-electron chi connectivity index (χ0n) is 22.4. The average Bonchev–Trinajstić information content (AvgIpc) is 2.96. The number of hydrogen-bond donors (Lipinski definition) is 3. The van der Waals surface area contributed by atoms with Crippen LogP contribution in [0.15, 0.2) is 59.5 Å². The number of hydrogen-bond acceptors (Lipinski definition) is 8. The Labute approximate surface area is 229 Å². The quantitative estimate of drug-likeness (QED) is 0.302. The Balaban J connectivity index is 1.64. The molecule has 4 rings (SSSR count). The molecule has 0 atom stereocenters. The predicted octanol–water partition coefficient (Wildman–Crippen LogP) is 4.78. The number of nitrogens with one attached hydrogen (secondary N) is 3. The van der Waals surface area contributed by atoms with Crippen molar-refractivity contribution in [2.24, 2.45) is 0 Å². The van der Waals surface area contributed by atoms with Crippen LogP contribution in [0.2, 0.25) is 0 Å². The predicted molar refractivity (Wildman–Crippen MR) is 158 cm³/mol. The van der Waals surface area contributed by atoms with Crippen molar-refractivity contribution in [1.82, 2.24) is 15.3 Å². The van der Waals surface area contributed by atoms with Gasteiger partial charge in [-0.25, -0.2) is 14.8 Å². The number of amides is 2. The van der Waals surface area contributed by atoms with E-state index in [1.54, 1.807) is 11.8 Å². The Morgan fingerprint density at radius 2 is 1.68 bits per heavy atom. The number of anilines is 4. The molecule has 0 bridgehead atoms. The van der Waals surface area contributed by atoms with Gasteiger partial charge in [0.25, 0.3) is 0 Å². The van der Waals surface area contributed by atoms with E-state index >= 15 is 0 Å². The number of nitrogens with zero attached hydrogens (tertiary/aromatic N) is 4. The summed E-state index contributed by atoms with van der Waals surface area (Å²) in [5, 5.41) is 8.99. The van der Waals surface area contributed by atoms with Crippen molar-refractivity contribution in [3.05, 3.63) is 54.6 Å². The molecule has 0 unspecified atom stereocenters. The molecule has 2 amide bonds. The van der Waals surface area contributed by atoms with Gasteiger partial charge in [0.15, 0.2) is 5.82 Å². The number of benzene rings is 2. The summed E-state index contributed by atoms with van der Waals surface area (Å²) in [4.78, 5) is 28.3. The molecule has 0 spiro atoms. The van der Waals surface area contributed by atoms with Crippen LogP contribution in [0.3, 0.4) is 0 Å². The topological polar surface area (TPSA) is 94.6 Å². The summed E-state index contributed by atoms with van der Waals surface area (Å²) in [6.45, 7) is 7.80. The van der Waals surface area contributed by atoms with Crippen LogP contribution >= 0.6 is 11.8 Å². The molecular formula is C28H37N7O2S. The van der Waals surface area contributed by atoms with E-state index in [0.29, 0.717) is 24.7 Å².